The van der Waals surface area contributed by atoms with Gasteiger partial charge >= 0.3 is 0 Å². The number of benzene rings is 1. The summed E-state index contributed by atoms with van der Waals surface area (Å²) in [5, 5.41) is 7.14. The Balaban J connectivity index is 1.96. The number of piperidine rings is 1. The molecule has 2 nitrogen and oxygen atoms in total. The zero-order valence-electron chi connectivity index (χ0n) is 10.3. The van der Waals surface area contributed by atoms with E-state index in [1.807, 2.05) is 0 Å². The van der Waals surface area contributed by atoms with Gasteiger partial charge in [-0.15, -0.1) is 0 Å². The van der Waals surface area contributed by atoms with Crippen molar-refractivity contribution in [3.8, 4) is 0 Å². The summed E-state index contributed by atoms with van der Waals surface area (Å²) in [7, 11) is 0. The zero-order chi connectivity index (χ0) is 11.4. The van der Waals surface area contributed by atoms with Crippen LogP contribution in [0, 0.1) is 6.92 Å². The third-order valence-electron chi connectivity index (χ3n) is 3.48. The van der Waals surface area contributed by atoms with Crippen LogP contribution in [0.3, 0.4) is 0 Å². The average Bonchev–Trinajstić information content (AvgIpc) is 2.31. The summed E-state index contributed by atoms with van der Waals surface area (Å²) in [5.41, 5.74) is 2.82. The molecule has 1 aliphatic heterocycles. The molecule has 1 fully saturated rings. The Kier molecular flexibility index (Phi) is 3.97. The Bertz CT molecular complexity index is 329. The lowest BCUT2D eigenvalue weighted by Crippen LogP contribution is -2.41. The topological polar surface area (TPSA) is 24.1 Å². The van der Waals surface area contributed by atoms with Crippen LogP contribution in [0.2, 0.25) is 0 Å². The van der Waals surface area contributed by atoms with Gasteiger partial charge in [0.2, 0.25) is 0 Å². The fourth-order valence-electron chi connectivity index (χ4n) is 2.50. The minimum atomic E-state index is 0.462. The molecule has 2 heteroatoms. The molecule has 0 radical (unpaired) electrons. The van der Waals surface area contributed by atoms with E-state index < -0.39 is 0 Å². The highest BCUT2D eigenvalue weighted by atomic mass is 15.0. The monoisotopic (exact) mass is 218 g/mol. The predicted octanol–water partition coefficient (Wildman–Crippen LogP) is 2.40. The van der Waals surface area contributed by atoms with Crippen molar-refractivity contribution in [1.82, 2.24) is 10.6 Å². The van der Waals surface area contributed by atoms with Gasteiger partial charge in [-0.1, -0.05) is 24.3 Å². The summed E-state index contributed by atoms with van der Waals surface area (Å²) < 4.78 is 0. The fourth-order valence-corrected chi connectivity index (χ4v) is 2.50. The number of hydrogen-bond acceptors (Lipinski definition) is 2. The maximum atomic E-state index is 3.74. The van der Waals surface area contributed by atoms with E-state index in [4.69, 9.17) is 0 Å². The van der Waals surface area contributed by atoms with Gasteiger partial charge in [-0.25, -0.2) is 0 Å². The van der Waals surface area contributed by atoms with Gasteiger partial charge in [0.1, 0.15) is 0 Å². The lowest BCUT2D eigenvalue weighted by Gasteiger charge is -2.28. The van der Waals surface area contributed by atoms with Crippen LogP contribution in [0.5, 0.6) is 0 Å². The van der Waals surface area contributed by atoms with Crippen molar-refractivity contribution < 1.29 is 0 Å². The molecule has 0 bridgehead atoms. The molecule has 1 aromatic carbocycles. The van der Waals surface area contributed by atoms with Gasteiger partial charge in [0.25, 0.3) is 0 Å². The summed E-state index contributed by atoms with van der Waals surface area (Å²) in [5.74, 6) is 0. The van der Waals surface area contributed by atoms with Gasteiger partial charge < -0.3 is 10.6 Å². The van der Waals surface area contributed by atoms with Crippen LogP contribution in [0.4, 0.5) is 0 Å². The van der Waals surface area contributed by atoms with Gasteiger partial charge in [0.05, 0.1) is 0 Å². The second-order valence-corrected chi connectivity index (χ2v) is 4.77. The molecule has 2 N–H and O–H groups in total. The summed E-state index contributed by atoms with van der Waals surface area (Å²) >= 11 is 0. The second kappa shape index (κ2) is 5.46. The van der Waals surface area contributed by atoms with Crippen LogP contribution in [-0.2, 0) is 0 Å². The maximum absolute atomic E-state index is 3.74. The van der Waals surface area contributed by atoms with Crippen molar-refractivity contribution in [2.45, 2.75) is 38.8 Å². The molecule has 1 atom stereocenters. The van der Waals surface area contributed by atoms with E-state index in [1.165, 1.54) is 24.0 Å². The Morgan fingerprint density at radius 1 is 1.25 bits per heavy atom. The Hall–Kier alpha value is -0.860. The molecule has 0 aliphatic carbocycles. The Labute approximate surface area is 98.4 Å². The number of rotatable bonds is 3. The molecule has 0 saturated carbocycles. The van der Waals surface area contributed by atoms with E-state index in [-0.39, 0.29) is 0 Å². The average molecular weight is 218 g/mol. The molecule has 1 saturated heterocycles. The highest BCUT2D eigenvalue weighted by molar-refractivity contribution is 5.28. The van der Waals surface area contributed by atoms with E-state index in [1.54, 1.807) is 0 Å². The molecule has 1 aromatic rings. The minimum Gasteiger partial charge on any atom is -0.317 e. The number of aryl methyl sites for hydroxylation is 1. The van der Waals surface area contributed by atoms with Gasteiger partial charge in [0.15, 0.2) is 0 Å². The van der Waals surface area contributed by atoms with Crippen molar-refractivity contribution in [1.29, 1.82) is 0 Å². The molecule has 0 spiro atoms. The first-order chi connectivity index (χ1) is 7.77. The molecule has 88 valence electrons. The Morgan fingerprint density at radius 3 is 2.62 bits per heavy atom. The normalized spacial score (nSPS) is 19.6. The number of nitrogens with one attached hydrogen (secondary N) is 2. The molecule has 1 unspecified atom stereocenters. The molecule has 0 aromatic heterocycles. The molecule has 1 aliphatic rings. The lowest BCUT2D eigenvalue weighted by atomic mass is 9.99. The van der Waals surface area contributed by atoms with E-state index >= 15 is 0 Å². The van der Waals surface area contributed by atoms with E-state index in [0.29, 0.717) is 12.1 Å². The van der Waals surface area contributed by atoms with Crippen LogP contribution in [0.15, 0.2) is 24.3 Å². The van der Waals surface area contributed by atoms with Crippen molar-refractivity contribution in [3.05, 3.63) is 35.4 Å². The summed E-state index contributed by atoms with van der Waals surface area (Å²) in [6.45, 7) is 6.76. The minimum absolute atomic E-state index is 0.462. The first-order valence-electron chi connectivity index (χ1n) is 6.29. The highest BCUT2D eigenvalue weighted by Gasteiger charge is 2.16. The van der Waals surface area contributed by atoms with Crippen LogP contribution >= 0.6 is 0 Å². The van der Waals surface area contributed by atoms with Gasteiger partial charge in [-0.2, -0.15) is 0 Å². The molecular weight excluding hydrogens is 196 g/mol. The van der Waals surface area contributed by atoms with Crippen LogP contribution in [0.1, 0.15) is 36.9 Å². The summed E-state index contributed by atoms with van der Waals surface area (Å²) in [6, 6.07) is 9.79. The van der Waals surface area contributed by atoms with E-state index in [2.05, 4.69) is 48.7 Å². The lowest BCUT2D eigenvalue weighted by molar-refractivity contribution is 0.359. The maximum Gasteiger partial charge on any atom is 0.0296 e. The third-order valence-corrected chi connectivity index (χ3v) is 3.48. The first kappa shape index (κ1) is 11.6. The quantitative estimate of drug-likeness (QED) is 0.814. The van der Waals surface area contributed by atoms with Gasteiger partial charge in [-0.3, -0.25) is 0 Å². The standard InChI is InChI=1S/C14H22N2/c1-11-5-3-4-6-14(11)12(2)16-13-7-9-15-10-8-13/h3-6,12-13,15-16H,7-10H2,1-2H3. The van der Waals surface area contributed by atoms with Crippen molar-refractivity contribution in [2.75, 3.05) is 13.1 Å². The van der Waals surface area contributed by atoms with Gasteiger partial charge in [0, 0.05) is 12.1 Å². The van der Waals surface area contributed by atoms with Gasteiger partial charge in [-0.05, 0) is 50.9 Å². The molecular formula is C14H22N2. The molecule has 2 rings (SSSR count). The SMILES string of the molecule is Cc1ccccc1C(C)NC1CCNCC1. The Morgan fingerprint density at radius 2 is 1.94 bits per heavy atom. The molecule has 0 amide bonds. The largest absolute Gasteiger partial charge is 0.317 e. The van der Waals surface area contributed by atoms with Crippen molar-refractivity contribution in [2.24, 2.45) is 0 Å². The third kappa shape index (κ3) is 2.83. The predicted molar refractivity (Wildman–Crippen MR) is 68.6 cm³/mol. The second-order valence-electron chi connectivity index (χ2n) is 4.77. The van der Waals surface area contributed by atoms with E-state index in [9.17, 15) is 0 Å². The molecule has 16 heavy (non-hydrogen) atoms. The smallest absolute Gasteiger partial charge is 0.0296 e. The van der Waals surface area contributed by atoms with E-state index in [0.717, 1.165) is 13.1 Å². The number of hydrogen-bond donors (Lipinski definition) is 2. The van der Waals surface area contributed by atoms with Crippen LogP contribution < -0.4 is 10.6 Å². The van der Waals surface area contributed by atoms with Crippen LogP contribution in [0.25, 0.3) is 0 Å². The summed E-state index contributed by atoms with van der Waals surface area (Å²) in [4.78, 5) is 0. The highest BCUT2D eigenvalue weighted by Crippen LogP contribution is 2.18. The first-order valence-corrected chi connectivity index (χ1v) is 6.29. The van der Waals surface area contributed by atoms with Crippen molar-refractivity contribution >= 4 is 0 Å². The summed E-state index contributed by atoms with van der Waals surface area (Å²) in [6.07, 6.45) is 2.49. The molecule has 1 heterocycles. The van der Waals surface area contributed by atoms with Crippen LogP contribution in [-0.4, -0.2) is 19.1 Å². The van der Waals surface area contributed by atoms with Crippen molar-refractivity contribution in [3.63, 3.8) is 0 Å². The fraction of sp³-hybridized carbons (Fsp3) is 0.571. The zero-order valence-corrected chi connectivity index (χ0v) is 10.3.